The van der Waals surface area contributed by atoms with Crippen molar-refractivity contribution in [1.82, 2.24) is 0 Å². The molecule has 0 aliphatic heterocycles. The van der Waals surface area contributed by atoms with Gasteiger partial charge in [-0.1, -0.05) is 13.8 Å². The molecule has 0 spiro atoms. The first kappa shape index (κ1) is 9.14. The van der Waals surface area contributed by atoms with Gasteiger partial charge in [0.05, 0.1) is 0 Å². The predicted molar refractivity (Wildman–Crippen MR) is 36.7 cm³/mol. The third-order valence-corrected chi connectivity index (χ3v) is 1.19. The molecule has 0 radical (unpaired) electrons. The normalized spacial score (nSPS) is 9.90. The zero-order chi connectivity index (χ0) is 8.15. The molecule has 0 saturated carbocycles. The fourth-order valence-corrected chi connectivity index (χ4v) is 0.527. The van der Waals surface area contributed by atoms with Crippen LogP contribution in [-0.4, -0.2) is 16.9 Å². The van der Waals surface area contributed by atoms with E-state index in [2.05, 4.69) is 0 Å². The molecule has 0 aromatic heterocycles. The number of Topliss-reactive ketones (excluding diaryl/α,β-unsaturated/α-hetero) is 1. The molecule has 0 aliphatic carbocycles. The molecule has 3 nitrogen and oxygen atoms in total. The van der Waals surface area contributed by atoms with E-state index in [0.29, 0.717) is 12.3 Å². The molecule has 0 fully saturated rings. The average Bonchev–Trinajstić information content (AvgIpc) is 1.82. The molecule has 0 saturated heterocycles. The Labute approximate surface area is 60.0 Å². The summed E-state index contributed by atoms with van der Waals surface area (Å²) in [6.07, 6.45) is 0.818. The van der Waals surface area contributed by atoms with Crippen LogP contribution in [0.25, 0.3) is 0 Å². The maximum absolute atomic E-state index is 10.4. The third kappa shape index (κ3) is 4.06. The average molecular weight is 144 g/mol. The molecule has 0 aromatic carbocycles. The minimum Gasteiger partial charge on any atom is -0.476 e. The molecule has 0 bridgehead atoms. The van der Waals surface area contributed by atoms with Crippen molar-refractivity contribution < 1.29 is 14.7 Å². The van der Waals surface area contributed by atoms with Crippen molar-refractivity contribution in [3.8, 4) is 0 Å². The van der Waals surface area contributed by atoms with E-state index in [0.717, 1.165) is 0 Å². The van der Waals surface area contributed by atoms with Crippen LogP contribution >= 0.6 is 0 Å². The molecule has 10 heavy (non-hydrogen) atoms. The molecular weight excluding hydrogens is 132 g/mol. The summed E-state index contributed by atoms with van der Waals surface area (Å²) in [4.78, 5) is 20.4. The topological polar surface area (TPSA) is 54.4 Å². The summed E-state index contributed by atoms with van der Waals surface area (Å²) in [5.74, 6) is -1.61. The fraction of sp³-hybridized carbons (Fsp3) is 0.714. The van der Waals surface area contributed by atoms with Crippen LogP contribution in [0.5, 0.6) is 0 Å². The Morgan fingerprint density at radius 1 is 1.40 bits per heavy atom. The Balaban J connectivity index is 3.50. The smallest absolute Gasteiger partial charge is 0.372 e. The third-order valence-electron chi connectivity index (χ3n) is 1.19. The first-order valence-corrected chi connectivity index (χ1v) is 3.30. The molecule has 0 atom stereocenters. The van der Waals surface area contributed by atoms with Crippen LogP contribution in [0.1, 0.15) is 26.7 Å². The van der Waals surface area contributed by atoms with Gasteiger partial charge in [-0.3, -0.25) is 4.79 Å². The van der Waals surface area contributed by atoms with Crippen LogP contribution in [0.15, 0.2) is 0 Å². The van der Waals surface area contributed by atoms with Crippen molar-refractivity contribution in [2.45, 2.75) is 26.7 Å². The van der Waals surface area contributed by atoms with Crippen molar-refractivity contribution in [3.05, 3.63) is 0 Å². The Hall–Kier alpha value is -0.860. The van der Waals surface area contributed by atoms with Gasteiger partial charge >= 0.3 is 5.97 Å². The van der Waals surface area contributed by atoms with Crippen LogP contribution in [0.3, 0.4) is 0 Å². The summed E-state index contributed by atoms with van der Waals surface area (Å²) in [5, 5.41) is 8.15. The maximum Gasteiger partial charge on any atom is 0.372 e. The van der Waals surface area contributed by atoms with E-state index in [1.165, 1.54) is 0 Å². The Morgan fingerprint density at radius 3 is 2.20 bits per heavy atom. The highest BCUT2D eigenvalue weighted by Crippen LogP contribution is 2.03. The summed E-state index contributed by atoms with van der Waals surface area (Å²) in [7, 11) is 0. The Bertz CT molecular complexity index is 138. The van der Waals surface area contributed by atoms with Crippen LogP contribution in [-0.2, 0) is 9.59 Å². The molecule has 0 aromatic rings. The van der Waals surface area contributed by atoms with Crippen molar-refractivity contribution in [3.63, 3.8) is 0 Å². The standard InChI is InChI=1S/C7H12O3/c1-5(2)3-4-6(8)7(9)10/h5H,3-4H2,1-2H3,(H,9,10). The second-order valence-corrected chi connectivity index (χ2v) is 2.66. The highest BCUT2D eigenvalue weighted by Gasteiger charge is 2.10. The zero-order valence-corrected chi connectivity index (χ0v) is 6.26. The second kappa shape index (κ2) is 4.04. The number of hydrogen-bond donors (Lipinski definition) is 1. The number of aliphatic carboxylic acids is 1. The minimum atomic E-state index is -1.32. The number of carbonyl (C=O) groups is 2. The predicted octanol–water partition coefficient (Wildman–Crippen LogP) is 1.08. The molecule has 0 rings (SSSR count). The molecule has 58 valence electrons. The van der Waals surface area contributed by atoms with Crippen LogP contribution in [0.4, 0.5) is 0 Å². The monoisotopic (exact) mass is 144 g/mol. The number of hydrogen-bond acceptors (Lipinski definition) is 2. The van der Waals surface area contributed by atoms with E-state index in [9.17, 15) is 9.59 Å². The second-order valence-electron chi connectivity index (χ2n) is 2.66. The van der Waals surface area contributed by atoms with Crippen LogP contribution in [0, 0.1) is 5.92 Å². The molecular formula is C7H12O3. The molecule has 0 aliphatic rings. The minimum absolute atomic E-state index is 0.160. The van der Waals surface area contributed by atoms with Gasteiger partial charge in [0.2, 0.25) is 5.78 Å². The van der Waals surface area contributed by atoms with Gasteiger partial charge in [0.15, 0.2) is 0 Å². The lowest BCUT2D eigenvalue weighted by Gasteiger charge is -1.99. The van der Waals surface area contributed by atoms with E-state index >= 15 is 0 Å². The van der Waals surface area contributed by atoms with Crippen molar-refractivity contribution >= 4 is 11.8 Å². The van der Waals surface area contributed by atoms with Gasteiger partial charge in [-0.2, -0.15) is 0 Å². The molecule has 0 heterocycles. The summed E-state index contributed by atoms with van der Waals surface area (Å²) in [6, 6.07) is 0. The summed E-state index contributed by atoms with van der Waals surface area (Å²) < 4.78 is 0. The summed E-state index contributed by atoms with van der Waals surface area (Å²) in [5.41, 5.74) is 0. The Kier molecular flexibility index (Phi) is 3.69. The lowest BCUT2D eigenvalue weighted by atomic mass is 10.1. The van der Waals surface area contributed by atoms with E-state index in [1.807, 2.05) is 13.8 Å². The van der Waals surface area contributed by atoms with Gasteiger partial charge in [-0.15, -0.1) is 0 Å². The van der Waals surface area contributed by atoms with Gasteiger partial charge in [0.25, 0.3) is 0 Å². The SMILES string of the molecule is CC(C)CCC(=O)C(=O)O. The largest absolute Gasteiger partial charge is 0.476 e. The maximum atomic E-state index is 10.4. The summed E-state index contributed by atoms with van der Waals surface area (Å²) >= 11 is 0. The number of carboxylic acid groups (broad SMARTS) is 1. The highest BCUT2D eigenvalue weighted by molar-refractivity contribution is 6.32. The molecule has 3 heteroatoms. The quantitative estimate of drug-likeness (QED) is 0.600. The molecule has 0 unspecified atom stereocenters. The fourth-order valence-electron chi connectivity index (χ4n) is 0.527. The number of rotatable bonds is 4. The van der Waals surface area contributed by atoms with Crippen molar-refractivity contribution in [2.24, 2.45) is 5.92 Å². The molecule has 1 N–H and O–H groups in total. The van der Waals surface area contributed by atoms with E-state index in [-0.39, 0.29) is 6.42 Å². The van der Waals surface area contributed by atoms with Gasteiger partial charge < -0.3 is 5.11 Å². The van der Waals surface area contributed by atoms with Gasteiger partial charge in [0.1, 0.15) is 0 Å². The lowest BCUT2D eigenvalue weighted by molar-refractivity contribution is -0.149. The van der Waals surface area contributed by atoms with E-state index < -0.39 is 11.8 Å². The number of ketones is 1. The molecule has 0 amide bonds. The van der Waals surface area contributed by atoms with Crippen LogP contribution < -0.4 is 0 Å². The number of carbonyl (C=O) groups excluding carboxylic acids is 1. The van der Waals surface area contributed by atoms with Gasteiger partial charge in [-0.25, -0.2) is 4.79 Å². The number of carboxylic acids is 1. The van der Waals surface area contributed by atoms with Crippen LogP contribution in [0.2, 0.25) is 0 Å². The lowest BCUT2D eigenvalue weighted by Crippen LogP contribution is -2.12. The van der Waals surface area contributed by atoms with E-state index in [4.69, 9.17) is 5.11 Å². The van der Waals surface area contributed by atoms with E-state index in [1.54, 1.807) is 0 Å². The first-order valence-electron chi connectivity index (χ1n) is 3.30. The summed E-state index contributed by atoms with van der Waals surface area (Å²) in [6.45, 7) is 3.91. The van der Waals surface area contributed by atoms with Crippen molar-refractivity contribution in [2.75, 3.05) is 0 Å². The van der Waals surface area contributed by atoms with Gasteiger partial charge in [0, 0.05) is 6.42 Å². The Morgan fingerprint density at radius 2 is 1.90 bits per heavy atom. The highest BCUT2D eigenvalue weighted by atomic mass is 16.4. The van der Waals surface area contributed by atoms with Gasteiger partial charge in [-0.05, 0) is 12.3 Å². The zero-order valence-electron chi connectivity index (χ0n) is 6.26. The first-order chi connectivity index (χ1) is 4.54. The van der Waals surface area contributed by atoms with Crippen molar-refractivity contribution in [1.29, 1.82) is 0 Å².